The minimum Gasteiger partial charge on any atom is -0.493 e. The van der Waals surface area contributed by atoms with Crippen molar-refractivity contribution in [1.82, 2.24) is 4.98 Å². The average molecular weight is 169 g/mol. The van der Waals surface area contributed by atoms with E-state index in [0.717, 1.165) is 0 Å². The molecule has 0 spiro atoms. The minimum atomic E-state index is -0.190. The fraction of sp³-hybridized carbons (Fsp3) is 0.375. The maximum atomic E-state index is 10.9. The van der Waals surface area contributed by atoms with E-state index in [1.807, 2.05) is 0 Å². The molecule has 4 nitrogen and oxygen atoms in total. The van der Waals surface area contributed by atoms with E-state index in [9.17, 15) is 4.79 Å². The molecule has 0 aliphatic rings. The zero-order valence-electron chi connectivity index (χ0n) is 7.30. The third kappa shape index (κ3) is 1.42. The van der Waals surface area contributed by atoms with E-state index >= 15 is 0 Å². The molecule has 1 N–H and O–H groups in total. The van der Waals surface area contributed by atoms with E-state index in [1.54, 1.807) is 6.92 Å². The maximum absolute atomic E-state index is 10.9. The Morgan fingerprint density at radius 3 is 2.50 bits per heavy atom. The standard InChI is InChI=1S/C8H11NO3/c1-5-8(12-3)6(11-2)4-7(10)9-5/h4H,1-3H3,(H,9,10). The number of rotatable bonds is 2. The minimum absolute atomic E-state index is 0.190. The van der Waals surface area contributed by atoms with Crippen molar-refractivity contribution in [2.75, 3.05) is 14.2 Å². The Morgan fingerprint density at radius 1 is 1.33 bits per heavy atom. The van der Waals surface area contributed by atoms with E-state index in [0.29, 0.717) is 17.2 Å². The number of aryl methyl sites for hydroxylation is 1. The van der Waals surface area contributed by atoms with Crippen molar-refractivity contribution in [2.45, 2.75) is 6.92 Å². The van der Waals surface area contributed by atoms with Crippen LogP contribution in [0.15, 0.2) is 10.9 Å². The second-order valence-electron chi connectivity index (χ2n) is 2.36. The van der Waals surface area contributed by atoms with Crippen LogP contribution in [0.25, 0.3) is 0 Å². The van der Waals surface area contributed by atoms with Gasteiger partial charge < -0.3 is 14.5 Å². The summed E-state index contributed by atoms with van der Waals surface area (Å²) in [5, 5.41) is 0. The lowest BCUT2D eigenvalue weighted by Gasteiger charge is -2.08. The molecule has 12 heavy (non-hydrogen) atoms. The van der Waals surface area contributed by atoms with Gasteiger partial charge in [-0.15, -0.1) is 0 Å². The van der Waals surface area contributed by atoms with Crippen molar-refractivity contribution in [3.63, 3.8) is 0 Å². The van der Waals surface area contributed by atoms with Gasteiger partial charge in [0, 0.05) is 6.07 Å². The first-order valence-electron chi connectivity index (χ1n) is 3.51. The first-order chi connectivity index (χ1) is 5.69. The van der Waals surface area contributed by atoms with Crippen LogP contribution in [0.5, 0.6) is 11.5 Å². The molecular weight excluding hydrogens is 158 g/mol. The number of nitrogens with one attached hydrogen (secondary N) is 1. The molecule has 1 rings (SSSR count). The molecule has 0 amide bonds. The molecule has 0 radical (unpaired) electrons. The lowest BCUT2D eigenvalue weighted by atomic mass is 10.3. The largest absolute Gasteiger partial charge is 0.493 e. The van der Waals surface area contributed by atoms with Crippen molar-refractivity contribution < 1.29 is 9.47 Å². The quantitative estimate of drug-likeness (QED) is 0.709. The van der Waals surface area contributed by atoms with Crippen LogP contribution >= 0.6 is 0 Å². The lowest BCUT2D eigenvalue weighted by Crippen LogP contribution is -2.08. The van der Waals surface area contributed by atoms with Crippen LogP contribution in [-0.4, -0.2) is 19.2 Å². The van der Waals surface area contributed by atoms with Gasteiger partial charge in [0.25, 0.3) is 5.56 Å². The summed E-state index contributed by atoms with van der Waals surface area (Å²) in [6.45, 7) is 1.75. The summed E-state index contributed by atoms with van der Waals surface area (Å²) in [4.78, 5) is 13.6. The smallest absolute Gasteiger partial charge is 0.252 e. The number of hydrogen-bond donors (Lipinski definition) is 1. The second kappa shape index (κ2) is 3.30. The molecular formula is C8H11NO3. The summed E-state index contributed by atoms with van der Waals surface area (Å²) in [6.07, 6.45) is 0. The summed E-state index contributed by atoms with van der Waals surface area (Å²) in [7, 11) is 3.03. The average Bonchev–Trinajstić information content (AvgIpc) is 2.03. The van der Waals surface area contributed by atoms with Gasteiger partial charge in [-0.1, -0.05) is 0 Å². The van der Waals surface area contributed by atoms with Gasteiger partial charge in [-0.3, -0.25) is 4.79 Å². The second-order valence-corrected chi connectivity index (χ2v) is 2.36. The molecule has 0 unspecified atom stereocenters. The number of ether oxygens (including phenoxy) is 2. The number of aromatic amines is 1. The van der Waals surface area contributed by atoms with Gasteiger partial charge in [0.1, 0.15) is 0 Å². The van der Waals surface area contributed by atoms with Crippen molar-refractivity contribution in [2.24, 2.45) is 0 Å². The van der Waals surface area contributed by atoms with Gasteiger partial charge >= 0.3 is 0 Å². The van der Waals surface area contributed by atoms with Gasteiger partial charge in [0.15, 0.2) is 11.5 Å². The summed E-state index contributed by atoms with van der Waals surface area (Å²) in [5.41, 5.74) is 0.479. The molecule has 0 aromatic carbocycles. The van der Waals surface area contributed by atoms with Crippen LogP contribution in [0.2, 0.25) is 0 Å². The number of H-pyrrole nitrogens is 1. The predicted molar refractivity (Wildman–Crippen MR) is 44.9 cm³/mol. The molecule has 0 saturated carbocycles. The maximum Gasteiger partial charge on any atom is 0.252 e. The van der Waals surface area contributed by atoms with E-state index in [4.69, 9.17) is 9.47 Å². The Balaban J connectivity index is 3.33. The predicted octanol–water partition coefficient (Wildman–Crippen LogP) is 0.701. The van der Waals surface area contributed by atoms with Crippen molar-refractivity contribution in [1.29, 1.82) is 0 Å². The van der Waals surface area contributed by atoms with Crippen LogP contribution in [-0.2, 0) is 0 Å². The molecule has 1 heterocycles. The van der Waals surface area contributed by atoms with Crippen LogP contribution in [0.1, 0.15) is 5.69 Å². The van der Waals surface area contributed by atoms with Gasteiger partial charge in [-0.2, -0.15) is 0 Å². The molecule has 0 saturated heterocycles. The van der Waals surface area contributed by atoms with E-state index in [1.165, 1.54) is 20.3 Å². The van der Waals surface area contributed by atoms with Crippen LogP contribution in [0.3, 0.4) is 0 Å². The van der Waals surface area contributed by atoms with Crippen LogP contribution in [0.4, 0.5) is 0 Å². The molecule has 1 aromatic heterocycles. The van der Waals surface area contributed by atoms with Crippen molar-refractivity contribution >= 4 is 0 Å². The summed E-state index contributed by atoms with van der Waals surface area (Å²) < 4.78 is 9.98. The summed E-state index contributed by atoms with van der Waals surface area (Å²) >= 11 is 0. The number of hydrogen-bond acceptors (Lipinski definition) is 3. The van der Waals surface area contributed by atoms with Gasteiger partial charge in [-0.25, -0.2) is 0 Å². The fourth-order valence-electron chi connectivity index (χ4n) is 1.05. The third-order valence-corrected chi connectivity index (χ3v) is 1.56. The zero-order chi connectivity index (χ0) is 9.14. The molecule has 66 valence electrons. The molecule has 0 aliphatic carbocycles. The SMILES string of the molecule is COc1cc(=O)[nH]c(C)c1OC. The van der Waals surface area contributed by atoms with Crippen molar-refractivity contribution in [3.8, 4) is 11.5 Å². The highest BCUT2D eigenvalue weighted by molar-refractivity contribution is 5.41. The topological polar surface area (TPSA) is 51.3 Å². The number of aromatic nitrogens is 1. The Morgan fingerprint density at radius 2 is 2.00 bits per heavy atom. The molecule has 1 aromatic rings. The molecule has 0 bridgehead atoms. The number of pyridine rings is 1. The van der Waals surface area contributed by atoms with Gasteiger partial charge in [0.2, 0.25) is 0 Å². The summed E-state index contributed by atoms with van der Waals surface area (Å²) in [6, 6.07) is 1.35. The van der Waals surface area contributed by atoms with Gasteiger partial charge in [0.05, 0.1) is 19.9 Å². The molecule has 4 heteroatoms. The first-order valence-corrected chi connectivity index (χ1v) is 3.51. The Kier molecular flexibility index (Phi) is 2.38. The van der Waals surface area contributed by atoms with Crippen LogP contribution < -0.4 is 15.0 Å². The van der Waals surface area contributed by atoms with E-state index in [2.05, 4.69) is 4.98 Å². The van der Waals surface area contributed by atoms with E-state index in [-0.39, 0.29) is 5.56 Å². The zero-order valence-corrected chi connectivity index (χ0v) is 7.30. The fourth-order valence-corrected chi connectivity index (χ4v) is 1.05. The lowest BCUT2D eigenvalue weighted by molar-refractivity contribution is 0.350. The Bertz CT molecular complexity index is 330. The van der Waals surface area contributed by atoms with Crippen LogP contribution in [0, 0.1) is 6.92 Å². The summed E-state index contributed by atoms with van der Waals surface area (Å²) in [5.74, 6) is 1.02. The monoisotopic (exact) mass is 169 g/mol. The Labute approximate surface area is 70.1 Å². The van der Waals surface area contributed by atoms with Gasteiger partial charge in [-0.05, 0) is 6.92 Å². The highest BCUT2D eigenvalue weighted by atomic mass is 16.5. The van der Waals surface area contributed by atoms with Crippen molar-refractivity contribution in [3.05, 3.63) is 22.1 Å². The molecule has 0 fully saturated rings. The molecule has 0 aliphatic heterocycles. The normalized spacial score (nSPS) is 9.58. The highest BCUT2D eigenvalue weighted by Crippen LogP contribution is 2.26. The Hall–Kier alpha value is -1.45. The van der Waals surface area contributed by atoms with E-state index < -0.39 is 0 Å². The number of methoxy groups -OCH3 is 2. The third-order valence-electron chi connectivity index (χ3n) is 1.56. The highest BCUT2D eigenvalue weighted by Gasteiger charge is 2.07. The molecule has 0 atom stereocenters. The first kappa shape index (κ1) is 8.64.